The molecule has 1 aliphatic heterocycles. The van der Waals surface area contributed by atoms with E-state index in [9.17, 15) is 31.5 Å². The van der Waals surface area contributed by atoms with Gasteiger partial charge in [-0.2, -0.15) is 18.3 Å². The van der Waals surface area contributed by atoms with Gasteiger partial charge in [-0.3, -0.25) is 9.59 Å². The summed E-state index contributed by atoms with van der Waals surface area (Å²) >= 11 is 0. The largest absolute Gasteiger partial charge is 0.408 e. The topological polar surface area (TPSA) is 153 Å². The molecule has 12 nitrogen and oxygen atoms in total. The summed E-state index contributed by atoms with van der Waals surface area (Å²) in [5.41, 5.74) is 2.32. The van der Waals surface area contributed by atoms with Gasteiger partial charge in [0.15, 0.2) is 11.3 Å². The van der Waals surface area contributed by atoms with E-state index in [-0.39, 0.29) is 43.8 Å². The third kappa shape index (κ3) is 9.00. The van der Waals surface area contributed by atoms with Gasteiger partial charge in [0.05, 0.1) is 24.6 Å². The fourth-order valence-electron chi connectivity index (χ4n) is 5.13. The number of nitrogens with zero attached hydrogens (tertiary/aromatic N) is 7. The number of aromatic nitrogens is 7. The Kier molecular flexibility index (Phi) is 10.2. The summed E-state index contributed by atoms with van der Waals surface area (Å²) in [5, 5.41) is 16.4. The first-order valence-electron chi connectivity index (χ1n) is 14.9. The highest BCUT2D eigenvalue weighted by molar-refractivity contribution is 5.93. The maximum absolute atomic E-state index is 12.9. The van der Waals surface area contributed by atoms with Gasteiger partial charge in [-0.15, -0.1) is 0 Å². The van der Waals surface area contributed by atoms with E-state index in [0.717, 1.165) is 19.3 Å². The van der Waals surface area contributed by atoms with Crippen molar-refractivity contribution >= 4 is 17.5 Å². The molecular weight excluding hydrogens is 617 g/mol. The van der Waals surface area contributed by atoms with Crippen LogP contribution < -0.4 is 10.6 Å². The van der Waals surface area contributed by atoms with E-state index in [1.165, 1.54) is 17.0 Å². The molecular formula is C29H32F5N9O3. The van der Waals surface area contributed by atoms with E-state index >= 15 is 0 Å². The minimum absolute atomic E-state index is 0.118. The van der Waals surface area contributed by atoms with E-state index in [1.54, 1.807) is 30.7 Å². The molecule has 2 N–H and O–H groups in total. The highest BCUT2D eigenvalue weighted by Gasteiger charge is 2.47. The number of amides is 2. The lowest BCUT2D eigenvalue weighted by Gasteiger charge is -2.20. The Hall–Kier alpha value is -4.57. The molecule has 0 spiro atoms. The molecule has 2 saturated carbocycles. The molecule has 0 aromatic carbocycles. The predicted octanol–water partition coefficient (Wildman–Crippen LogP) is 4.59. The Labute approximate surface area is 259 Å². The lowest BCUT2D eigenvalue weighted by atomic mass is 9.97. The monoisotopic (exact) mass is 649 g/mol. The number of rotatable bonds is 6. The van der Waals surface area contributed by atoms with E-state index in [2.05, 4.69) is 40.3 Å². The van der Waals surface area contributed by atoms with Gasteiger partial charge < -0.3 is 10.6 Å². The molecule has 4 aromatic heterocycles. The van der Waals surface area contributed by atoms with Crippen molar-refractivity contribution in [1.29, 1.82) is 0 Å². The normalized spacial score (nSPS) is 20.6. The number of alkyl halides is 5. The molecule has 2 amide bonds. The average molecular weight is 650 g/mol. The van der Waals surface area contributed by atoms with E-state index in [1.807, 2.05) is 5.32 Å². The Morgan fingerprint density at radius 2 is 1.85 bits per heavy atom. The summed E-state index contributed by atoms with van der Waals surface area (Å²) in [6, 6.07) is 1.62. The number of carbonyl (C=O) groups excluding carboxylic acids is 2. The number of carbonyl (C=O) groups is 2. The highest BCUT2D eigenvalue weighted by atomic mass is 19.4. The molecule has 1 unspecified atom stereocenters. The second-order valence-corrected chi connectivity index (χ2v) is 11.4. The van der Waals surface area contributed by atoms with Gasteiger partial charge in [0.1, 0.15) is 18.1 Å². The van der Waals surface area contributed by atoms with Crippen molar-refractivity contribution in [2.24, 2.45) is 5.92 Å². The van der Waals surface area contributed by atoms with Crippen LogP contribution in [0.3, 0.4) is 0 Å². The SMILES string of the molecule is FC1(F)CCCCC1.O=C(NCc1cn2ncc(C[C@H]3CC(C(F)(F)F)NC3=O)cc2n1)c1nonc1C1CC1.c1cncnc1. The number of imidazole rings is 1. The van der Waals surface area contributed by atoms with E-state index < -0.39 is 35.9 Å². The van der Waals surface area contributed by atoms with Crippen LogP contribution in [-0.4, -0.2) is 64.8 Å². The number of hydrogen-bond donors (Lipinski definition) is 2. The Morgan fingerprint density at radius 3 is 2.41 bits per heavy atom. The maximum Gasteiger partial charge on any atom is 0.408 e. The quantitative estimate of drug-likeness (QED) is 0.286. The number of fused-ring (bicyclic) bond motifs is 1. The summed E-state index contributed by atoms with van der Waals surface area (Å²) in [5.74, 6) is -3.92. The lowest BCUT2D eigenvalue weighted by molar-refractivity contribution is -0.154. The van der Waals surface area contributed by atoms with E-state index in [4.69, 9.17) is 0 Å². The molecule has 3 fully saturated rings. The molecule has 3 aliphatic rings. The zero-order valence-electron chi connectivity index (χ0n) is 24.6. The zero-order chi connectivity index (χ0) is 32.7. The second-order valence-electron chi connectivity index (χ2n) is 11.4. The van der Waals surface area contributed by atoms with Gasteiger partial charge in [-0.05, 0) is 61.4 Å². The maximum atomic E-state index is 12.9. The standard InChI is InChI=1S/C19H18F3N7O3.C6H10F2.C4H4N2/c20-19(21,22)13-5-11(17(30)26-13)3-9-4-14-25-12(8-29(14)24-6-9)7-23-18(31)16-15(10-1-2-10)27-32-28-16;7-6(8)4-2-1-3-5-6;1-2-5-4-6-3-1/h4,6,8,10-11,13H,1-3,5,7H2,(H,23,31)(H,26,30);1-5H2;1-4H/t11-,13?;;/m0../s1. The lowest BCUT2D eigenvalue weighted by Crippen LogP contribution is -2.38. The Bertz CT molecular complexity index is 1570. The van der Waals surface area contributed by atoms with Crippen LogP contribution in [0.15, 0.2) is 47.9 Å². The predicted molar refractivity (Wildman–Crippen MR) is 150 cm³/mol. The molecule has 46 heavy (non-hydrogen) atoms. The van der Waals surface area contributed by atoms with Crippen molar-refractivity contribution in [2.45, 2.75) is 88.4 Å². The summed E-state index contributed by atoms with van der Waals surface area (Å²) < 4.78 is 69.2. The minimum atomic E-state index is -4.46. The fraction of sp³-hybridized carbons (Fsp3) is 0.517. The van der Waals surface area contributed by atoms with Crippen molar-refractivity contribution in [3.63, 3.8) is 0 Å². The first kappa shape index (κ1) is 32.8. The van der Waals surface area contributed by atoms with Gasteiger partial charge in [-0.25, -0.2) is 32.9 Å². The van der Waals surface area contributed by atoms with Gasteiger partial charge in [0.25, 0.3) is 5.91 Å². The van der Waals surface area contributed by atoms with Crippen LogP contribution in [0.1, 0.15) is 84.7 Å². The number of hydrogen-bond acceptors (Lipinski definition) is 9. The molecule has 0 radical (unpaired) electrons. The van der Waals surface area contributed by atoms with Crippen LogP contribution in [0.25, 0.3) is 5.65 Å². The van der Waals surface area contributed by atoms with Crippen molar-refractivity contribution < 1.29 is 36.2 Å². The molecule has 2 aliphatic carbocycles. The fourth-order valence-corrected chi connectivity index (χ4v) is 5.13. The Balaban J connectivity index is 0.000000244. The van der Waals surface area contributed by atoms with Gasteiger partial charge in [0, 0.05) is 37.1 Å². The van der Waals surface area contributed by atoms with Gasteiger partial charge >= 0.3 is 6.18 Å². The summed E-state index contributed by atoms with van der Waals surface area (Å²) in [7, 11) is 0. The molecule has 17 heteroatoms. The van der Waals surface area contributed by atoms with Gasteiger partial charge in [-0.1, -0.05) is 11.6 Å². The van der Waals surface area contributed by atoms with Crippen LogP contribution in [0.2, 0.25) is 0 Å². The molecule has 0 bridgehead atoms. The molecule has 246 valence electrons. The van der Waals surface area contributed by atoms with Crippen molar-refractivity contribution in [3.8, 4) is 0 Å². The van der Waals surface area contributed by atoms with Crippen LogP contribution in [0.5, 0.6) is 0 Å². The molecule has 2 atom stereocenters. The van der Waals surface area contributed by atoms with Crippen molar-refractivity contribution in [1.82, 2.24) is 45.5 Å². The summed E-state index contributed by atoms with van der Waals surface area (Å²) in [4.78, 5) is 36.0. The van der Waals surface area contributed by atoms with Crippen molar-refractivity contribution in [2.75, 3.05) is 0 Å². The van der Waals surface area contributed by atoms with Crippen LogP contribution >= 0.6 is 0 Å². The zero-order valence-corrected chi connectivity index (χ0v) is 24.6. The first-order chi connectivity index (χ1) is 22.0. The van der Waals surface area contributed by atoms with Gasteiger partial charge in [0.2, 0.25) is 11.8 Å². The number of halogens is 5. The summed E-state index contributed by atoms with van der Waals surface area (Å²) in [6.45, 7) is 0.118. The smallest absolute Gasteiger partial charge is 0.345 e. The first-order valence-corrected chi connectivity index (χ1v) is 14.9. The van der Waals surface area contributed by atoms with Crippen LogP contribution in [0, 0.1) is 5.92 Å². The number of nitrogens with one attached hydrogen (secondary N) is 2. The van der Waals surface area contributed by atoms with E-state index in [0.29, 0.717) is 35.4 Å². The highest BCUT2D eigenvalue weighted by Crippen LogP contribution is 2.40. The van der Waals surface area contributed by atoms with Crippen LogP contribution in [0.4, 0.5) is 22.0 Å². The minimum Gasteiger partial charge on any atom is -0.345 e. The van der Waals surface area contributed by atoms with Crippen molar-refractivity contribution in [3.05, 3.63) is 65.9 Å². The molecule has 4 aromatic rings. The molecule has 7 rings (SSSR count). The second kappa shape index (κ2) is 14.2. The Morgan fingerprint density at radius 1 is 1.11 bits per heavy atom. The van der Waals surface area contributed by atoms with Crippen LogP contribution in [-0.2, 0) is 17.8 Å². The third-order valence-electron chi connectivity index (χ3n) is 7.70. The average Bonchev–Trinajstić information content (AvgIpc) is 3.41. The third-order valence-corrected chi connectivity index (χ3v) is 7.70. The molecule has 1 saturated heterocycles. The summed E-state index contributed by atoms with van der Waals surface area (Å²) in [6.07, 6.45) is 7.93. The molecule has 5 heterocycles.